The van der Waals surface area contributed by atoms with E-state index in [-0.39, 0.29) is 0 Å². The van der Waals surface area contributed by atoms with Crippen LogP contribution in [0.2, 0.25) is 5.02 Å². The normalized spacial score (nSPS) is 21.4. The predicted octanol–water partition coefficient (Wildman–Crippen LogP) is 3.76. The van der Waals surface area contributed by atoms with Crippen molar-refractivity contribution in [3.05, 3.63) is 29.2 Å². The van der Waals surface area contributed by atoms with Crippen molar-refractivity contribution in [1.29, 1.82) is 0 Å². The maximum atomic E-state index is 6.09. The first-order chi connectivity index (χ1) is 11.3. The van der Waals surface area contributed by atoms with Gasteiger partial charge in [-0.3, -0.25) is 0 Å². The largest absolute Gasteiger partial charge is 0.476 e. The lowest BCUT2D eigenvalue weighted by molar-refractivity contribution is 0.222. The van der Waals surface area contributed by atoms with Crippen molar-refractivity contribution in [2.24, 2.45) is 5.92 Å². The van der Waals surface area contributed by atoms with Crippen molar-refractivity contribution in [2.45, 2.75) is 31.6 Å². The SMILES string of the molecule is Clc1cccnc1OCC1CCCN(c2nc(C3CC3)ns2)C1. The van der Waals surface area contributed by atoms with Gasteiger partial charge in [0.15, 0.2) is 0 Å². The lowest BCUT2D eigenvalue weighted by atomic mass is 9.99. The zero-order valence-corrected chi connectivity index (χ0v) is 14.4. The van der Waals surface area contributed by atoms with Crippen molar-refractivity contribution < 1.29 is 4.74 Å². The number of aromatic nitrogens is 3. The van der Waals surface area contributed by atoms with E-state index in [1.807, 2.05) is 6.07 Å². The molecule has 0 radical (unpaired) electrons. The molecule has 1 aliphatic heterocycles. The van der Waals surface area contributed by atoms with Gasteiger partial charge in [-0.15, -0.1) is 0 Å². The molecule has 0 bridgehead atoms. The van der Waals surface area contributed by atoms with Crippen LogP contribution in [0.1, 0.15) is 37.4 Å². The number of halogens is 1. The summed E-state index contributed by atoms with van der Waals surface area (Å²) in [6.07, 6.45) is 6.52. The Labute approximate surface area is 144 Å². The molecule has 0 amide bonds. The molecule has 0 N–H and O–H groups in total. The molecule has 1 aliphatic carbocycles. The standard InChI is InChI=1S/C16H19ClN4OS/c17-13-4-1-7-18-15(13)22-10-11-3-2-8-21(9-11)16-19-14(20-23-16)12-5-6-12/h1,4,7,11-12H,2-3,5-6,8-10H2. The fraction of sp³-hybridized carbons (Fsp3) is 0.562. The number of piperidine rings is 1. The lowest BCUT2D eigenvalue weighted by Crippen LogP contribution is -2.37. The topological polar surface area (TPSA) is 51.1 Å². The van der Waals surface area contributed by atoms with E-state index in [1.165, 1.54) is 24.4 Å². The molecule has 2 fully saturated rings. The highest BCUT2D eigenvalue weighted by Crippen LogP contribution is 2.40. The van der Waals surface area contributed by atoms with Crippen LogP contribution in [0.5, 0.6) is 5.88 Å². The number of anilines is 1. The third-order valence-electron chi connectivity index (χ3n) is 4.34. The van der Waals surface area contributed by atoms with E-state index in [0.717, 1.165) is 36.9 Å². The molecule has 122 valence electrons. The highest BCUT2D eigenvalue weighted by molar-refractivity contribution is 7.09. The molecule has 4 rings (SSSR count). The van der Waals surface area contributed by atoms with Crippen molar-refractivity contribution in [3.63, 3.8) is 0 Å². The molecule has 1 saturated heterocycles. The summed E-state index contributed by atoms with van der Waals surface area (Å²) in [7, 11) is 0. The average molecular weight is 351 g/mol. The lowest BCUT2D eigenvalue weighted by Gasteiger charge is -2.32. The summed E-state index contributed by atoms with van der Waals surface area (Å²) in [6.45, 7) is 2.66. The molecular weight excluding hydrogens is 332 g/mol. The third-order valence-corrected chi connectivity index (χ3v) is 5.42. The number of rotatable bonds is 5. The van der Waals surface area contributed by atoms with Gasteiger partial charge in [0.05, 0.1) is 6.61 Å². The van der Waals surface area contributed by atoms with Crippen LogP contribution >= 0.6 is 23.1 Å². The molecule has 7 heteroatoms. The summed E-state index contributed by atoms with van der Waals surface area (Å²) < 4.78 is 10.3. The fourth-order valence-electron chi connectivity index (χ4n) is 2.91. The quantitative estimate of drug-likeness (QED) is 0.821. The molecule has 2 aliphatic rings. The predicted molar refractivity (Wildman–Crippen MR) is 91.6 cm³/mol. The molecule has 2 aromatic rings. The van der Waals surface area contributed by atoms with Gasteiger partial charge in [-0.25, -0.2) is 9.97 Å². The Bertz CT molecular complexity index is 676. The summed E-state index contributed by atoms with van der Waals surface area (Å²) in [5.41, 5.74) is 0. The summed E-state index contributed by atoms with van der Waals surface area (Å²) in [6, 6.07) is 3.61. The molecule has 3 heterocycles. The first-order valence-corrected chi connectivity index (χ1v) is 9.26. The second kappa shape index (κ2) is 6.61. The number of hydrogen-bond acceptors (Lipinski definition) is 6. The fourth-order valence-corrected chi connectivity index (χ4v) is 3.87. The first kappa shape index (κ1) is 15.1. The van der Waals surface area contributed by atoms with Gasteiger partial charge in [-0.1, -0.05) is 11.6 Å². The average Bonchev–Trinajstić information content (AvgIpc) is 3.31. The van der Waals surface area contributed by atoms with Crippen molar-refractivity contribution in [2.75, 3.05) is 24.6 Å². The van der Waals surface area contributed by atoms with Gasteiger partial charge in [-0.05, 0) is 37.8 Å². The van der Waals surface area contributed by atoms with Crippen LogP contribution in [0.4, 0.5) is 5.13 Å². The maximum absolute atomic E-state index is 6.09. The van der Waals surface area contributed by atoms with E-state index in [2.05, 4.69) is 14.3 Å². The third kappa shape index (κ3) is 3.58. The van der Waals surface area contributed by atoms with E-state index in [1.54, 1.807) is 12.3 Å². The van der Waals surface area contributed by atoms with Gasteiger partial charge in [0.25, 0.3) is 0 Å². The van der Waals surface area contributed by atoms with Crippen LogP contribution < -0.4 is 9.64 Å². The summed E-state index contributed by atoms with van der Waals surface area (Å²) in [5.74, 6) is 2.66. The van der Waals surface area contributed by atoms with Gasteiger partial charge < -0.3 is 9.64 Å². The van der Waals surface area contributed by atoms with Crippen molar-refractivity contribution in [1.82, 2.24) is 14.3 Å². The van der Waals surface area contributed by atoms with E-state index < -0.39 is 0 Å². The second-order valence-corrected chi connectivity index (χ2v) is 7.40. The molecule has 1 atom stereocenters. The van der Waals surface area contributed by atoms with Gasteiger partial charge >= 0.3 is 0 Å². The van der Waals surface area contributed by atoms with E-state index >= 15 is 0 Å². The zero-order valence-electron chi connectivity index (χ0n) is 12.8. The molecule has 1 unspecified atom stereocenters. The monoisotopic (exact) mass is 350 g/mol. The molecule has 0 spiro atoms. The molecule has 0 aromatic carbocycles. The molecule has 5 nitrogen and oxygen atoms in total. The number of ether oxygens (including phenoxy) is 1. The summed E-state index contributed by atoms with van der Waals surface area (Å²) in [5, 5.41) is 1.63. The number of hydrogen-bond donors (Lipinski definition) is 0. The van der Waals surface area contributed by atoms with Crippen LogP contribution in [0.3, 0.4) is 0 Å². The van der Waals surface area contributed by atoms with Gasteiger partial charge in [0, 0.05) is 42.7 Å². The zero-order chi connectivity index (χ0) is 15.6. The van der Waals surface area contributed by atoms with Crippen molar-refractivity contribution in [3.8, 4) is 5.88 Å². The van der Waals surface area contributed by atoms with E-state index in [9.17, 15) is 0 Å². The van der Waals surface area contributed by atoms with Gasteiger partial charge in [0.2, 0.25) is 11.0 Å². The minimum Gasteiger partial charge on any atom is -0.476 e. The number of nitrogens with zero attached hydrogens (tertiary/aromatic N) is 4. The van der Waals surface area contributed by atoms with Crippen LogP contribution in [0.25, 0.3) is 0 Å². The van der Waals surface area contributed by atoms with E-state index in [0.29, 0.717) is 29.3 Å². The maximum Gasteiger partial charge on any atom is 0.232 e. The smallest absolute Gasteiger partial charge is 0.232 e. The van der Waals surface area contributed by atoms with Gasteiger partial charge in [-0.2, -0.15) is 4.37 Å². The molecule has 23 heavy (non-hydrogen) atoms. The van der Waals surface area contributed by atoms with E-state index in [4.69, 9.17) is 21.3 Å². The van der Waals surface area contributed by atoms with Crippen LogP contribution in [0.15, 0.2) is 18.3 Å². The Morgan fingerprint density at radius 3 is 3.09 bits per heavy atom. The van der Waals surface area contributed by atoms with Gasteiger partial charge in [0.1, 0.15) is 10.8 Å². The Balaban J connectivity index is 1.35. The van der Waals surface area contributed by atoms with Crippen LogP contribution in [-0.4, -0.2) is 34.0 Å². The Kier molecular flexibility index (Phi) is 4.35. The number of pyridine rings is 1. The highest BCUT2D eigenvalue weighted by atomic mass is 35.5. The highest BCUT2D eigenvalue weighted by Gasteiger charge is 2.30. The van der Waals surface area contributed by atoms with Crippen molar-refractivity contribution >= 4 is 28.3 Å². The van der Waals surface area contributed by atoms with Crippen LogP contribution in [0, 0.1) is 5.92 Å². The summed E-state index contributed by atoms with van der Waals surface area (Å²) >= 11 is 7.62. The Morgan fingerprint density at radius 2 is 2.26 bits per heavy atom. The molecule has 2 aromatic heterocycles. The Hall–Kier alpha value is -1.40. The Morgan fingerprint density at radius 1 is 1.35 bits per heavy atom. The van der Waals surface area contributed by atoms with Crippen LogP contribution in [-0.2, 0) is 0 Å². The minimum absolute atomic E-state index is 0.468. The summed E-state index contributed by atoms with van der Waals surface area (Å²) in [4.78, 5) is 11.3. The second-order valence-electron chi connectivity index (χ2n) is 6.27. The first-order valence-electron chi connectivity index (χ1n) is 8.11. The molecular formula is C16H19ClN4OS. The minimum atomic E-state index is 0.468. The molecule has 1 saturated carbocycles.